The fourth-order valence-corrected chi connectivity index (χ4v) is 3.63. The summed E-state index contributed by atoms with van der Waals surface area (Å²) >= 11 is 0. The van der Waals surface area contributed by atoms with Crippen LogP contribution >= 0.6 is 0 Å². The van der Waals surface area contributed by atoms with Crippen LogP contribution < -0.4 is 5.32 Å². The number of carbonyl (C=O) groups is 1. The van der Waals surface area contributed by atoms with Gasteiger partial charge in [-0.05, 0) is 24.8 Å². The molecule has 6 heteroatoms. The highest BCUT2D eigenvalue weighted by Crippen LogP contribution is 2.31. The zero-order chi connectivity index (χ0) is 18.1. The first-order valence-electron chi connectivity index (χ1n) is 9.79. The predicted octanol–water partition coefficient (Wildman–Crippen LogP) is 4.12. The highest BCUT2D eigenvalue weighted by Gasteiger charge is 2.23. The molecule has 142 valence electrons. The van der Waals surface area contributed by atoms with Crippen LogP contribution in [0.4, 0.5) is 0 Å². The molecule has 2 N–H and O–H groups in total. The number of carboxylic acids is 1. The Labute approximate surface area is 150 Å². The van der Waals surface area contributed by atoms with E-state index >= 15 is 0 Å². The molecule has 1 aliphatic carbocycles. The van der Waals surface area contributed by atoms with Crippen molar-refractivity contribution in [2.75, 3.05) is 6.54 Å². The average Bonchev–Trinajstić information content (AvgIpc) is 3.03. The van der Waals surface area contributed by atoms with Crippen LogP contribution in [0.1, 0.15) is 89.3 Å². The second-order valence-electron chi connectivity index (χ2n) is 7.80. The van der Waals surface area contributed by atoms with Crippen molar-refractivity contribution in [3.8, 4) is 0 Å². The molecule has 25 heavy (non-hydrogen) atoms. The number of nitrogens with zero attached hydrogens (tertiary/aromatic N) is 2. The van der Waals surface area contributed by atoms with E-state index in [2.05, 4.69) is 29.3 Å². The van der Waals surface area contributed by atoms with E-state index in [9.17, 15) is 9.90 Å². The molecule has 1 saturated carbocycles. The summed E-state index contributed by atoms with van der Waals surface area (Å²) < 4.78 is 5.36. The van der Waals surface area contributed by atoms with E-state index in [1.807, 2.05) is 0 Å². The lowest BCUT2D eigenvalue weighted by molar-refractivity contribution is -0.137. The lowest BCUT2D eigenvalue weighted by Crippen LogP contribution is -2.19. The third kappa shape index (κ3) is 7.55. The maximum absolute atomic E-state index is 11.2. The van der Waals surface area contributed by atoms with E-state index in [1.165, 1.54) is 38.5 Å². The first-order valence-corrected chi connectivity index (χ1v) is 9.79. The minimum Gasteiger partial charge on any atom is -0.481 e. The van der Waals surface area contributed by atoms with Gasteiger partial charge in [-0.25, -0.2) is 0 Å². The van der Waals surface area contributed by atoms with Crippen molar-refractivity contribution in [2.24, 2.45) is 11.8 Å². The van der Waals surface area contributed by atoms with E-state index in [0.29, 0.717) is 24.2 Å². The van der Waals surface area contributed by atoms with Crippen LogP contribution in [0.25, 0.3) is 0 Å². The van der Waals surface area contributed by atoms with Gasteiger partial charge in [-0.1, -0.05) is 63.9 Å². The molecular formula is C19H33N3O3. The summed E-state index contributed by atoms with van der Waals surface area (Å²) in [5, 5.41) is 16.5. The smallest absolute Gasteiger partial charge is 0.304 e. The van der Waals surface area contributed by atoms with Crippen molar-refractivity contribution in [2.45, 2.75) is 84.1 Å². The van der Waals surface area contributed by atoms with Gasteiger partial charge in [-0.3, -0.25) is 4.79 Å². The van der Waals surface area contributed by atoms with Crippen LogP contribution in [0.15, 0.2) is 4.52 Å². The molecule has 1 aromatic heterocycles. The van der Waals surface area contributed by atoms with Crippen LogP contribution in [0, 0.1) is 11.8 Å². The highest BCUT2D eigenvalue weighted by atomic mass is 16.5. The minimum atomic E-state index is -0.805. The summed E-state index contributed by atoms with van der Waals surface area (Å²) in [6, 6.07) is 0. The van der Waals surface area contributed by atoms with Crippen LogP contribution in [-0.4, -0.2) is 27.8 Å². The molecule has 0 saturated heterocycles. The van der Waals surface area contributed by atoms with Gasteiger partial charge in [-0.2, -0.15) is 4.98 Å². The summed E-state index contributed by atoms with van der Waals surface area (Å²) in [5.41, 5.74) is 0. The van der Waals surface area contributed by atoms with Crippen molar-refractivity contribution < 1.29 is 14.4 Å². The third-order valence-corrected chi connectivity index (χ3v) is 4.98. The molecule has 1 aromatic rings. The summed E-state index contributed by atoms with van der Waals surface area (Å²) in [6.07, 6.45) is 9.81. The predicted molar refractivity (Wildman–Crippen MR) is 96.3 cm³/mol. The van der Waals surface area contributed by atoms with Crippen molar-refractivity contribution >= 4 is 5.97 Å². The fourth-order valence-electron chi connectivity index (χ4n) is 3.63. The number of rotatable bonds is 11. The summed E-state index contributed by atoms with van der Waals surface area (Å²) in [4.78, 5) is 15.6. The van der Waals surface area contributed by atoms with Gasteiger partial charge in [0.05, 0.1) is 13.0 Å². The number of carboxylic acid groups (broad SMARTS) is 1. The molecule has 0 radical (unpaired) electrons. The molecule has 0 aliphatic heterocycles. The maximum Gasteiger partial charge on any atom is 0.304 e. The second kappa shape index (κ2) is 10.5. The second-order valence-corrected chi connectivity index (χ2v) is 7.80. The summed E-state index contributed by atoms with van der Waals surface area (Å²) in [6.45, 7) is 5.74. The Morgan fingerprint density at radius 3 is 2.76 bits per heavy atom. The molecule has 0 aromatic carbocycles. The Bertz CT molecular complexity index is 510. The molecule has 1 fully saturated rings. The number of nitrogens with one attached hydrogen (secondary N) is 1. The van der Waals surface area contributed by atoms with Crippen LogP contribution in [0.5, 0.6) is 0 Å². The fraction of sp³-hybridized carbons (Fsp3) is 0.842. The molecule has 2 rings (SSSR count). The van der Waals surface area contributed by atoms with E-state index in [1.54, 1.807) is 0 Å². The molecule has 1 heterocycles. The third-order valence-electron chi connectivity index (χ3n) is 4.98. The normalized spacial score (nSPS) is 17.1. The lowest BCUT2D eigenvalue weighted by Gasteiger charge is -2.21. The van der Waals surface area contributed by atoms with Gasteiger partial charge in [0.15, 0.2) is 5.82 Å². The Hall–Kier alpha value is -1.43. The Morgan fingerprint density at radius 2 is 2.08 bits per heavy atom. The molecule has 1 atom stereocenters. The van der Waals surface area contributed by atoms with Crippen molar-refractivity contribution in [3.63, 3.8) is 0 Å². The Balaban J connectivity index is 1.83. The van der Waals surface area contributed by atoms with Crippen molar-refractivity contribution in [1.82, 2.24) is 15.5 Å². The Morgan fingerprint density at radius 1 is 1.32 bits per heavy atom. The molecule has 6 nitrogen and oxygen atoms in total. The van der Waals surface area contributed by atoms with Crippen molar-refractivity contribution in [1.29, 1.82) is 0 Å². The van der Waals surface area contributed by atoms with Gasteiger partial charge in [-0.15, -0.1) is 0 Å². The molecule has 0 spiro atoms. The quantitative estimate of drug-likeness (QED) is 0.623. The SMILES string of the molecule is CC(C)CNCc1noc([C@H](CCCC2CCCCC2)CC(=O)O)n1. The number of hydrogen-bond acceptors (Lipinski definition) is 5. The number of hydrogen-bond donors (Lipinski definition) is 2. The maximum atomic E-state index is 11.2. The molecule has 0 amide bonds. The van der Waals surface area contributed by atoms with Gasteiger partial charge in [0.2, 0.25) is 5.89 Å². The number of aromatic nitrogens is 2. The van der Waals surface area contributed by atoms with E-state index < -0.39 is 5.97 Å². The number of aliphatic carboxylic acids is 1. The average molecular weight is 351 g/mol. The van der Waals surface area contributed by atoms with E-state index in [0.717, 1.165) is 25.3 Å². The zero-order valence-electron chi connectivity index (χ0n) is 15.7. The highest BCUT2D eigenvalue weighted by molar-refractivity contribution is 5.67. The van der Waals surface area contributed by atoms with Crippen LogP contribution in [0.3, 0.4) is 0 Å². The van der Waals surface area contributed by atoms with Gasteiger partial charge < -0.3 is 14.9 Å². The van der Waals surface area contributed by atoms with Crippen LogP contribution in [-0.2, 0) is 11.3 Å². The largest absolute Gasteiger partial charge is 0.481 e. The van der Waals surface area contributed by atoms with Gasteiger partial charge >= 0.3 is 5.97 Å². The molecule has 0 bridgehead atoms. The summed E-state index contributed by atoms with van der Waals surface area (Å²) in [7, 11) is 0. The minimum absolute atomic E-state index is 0.0612. The lowest BCUT2D eigenvalue weighted by atomic mass is 9.84. The van der Waals surface area contributed by atoms with E-state index in [-0.39, 0.29) is 12.3 Å². The monoisotopic (exact) mass is 351 g/mol. The Kier molecular flexibility index (Phi) is 8.38. The van der Waals surface area contributed by atoms with Crippen molar-refractivity contribution in [3.05, 3.63) is 11.7 Å². The van der Waals surface area contributed by atoms with E-state index in [4.69, 9.17) is 4.52 Å². The summed E-state index contributed by atoms with van der Waals surface area (Å²) in [5.74, 6) is 1.49. The first kappa shape index (κ1) is 19.9. The topological polar surface area (TPSA) is 88.2 Å². The standard InChI is InChI=1S/C19H33N3O3/c1-14(2)12-20-13-17-21-19(25-22-17)16(11-18(23)24)10-6-9-15-7-4-3-5-8-15/h14-16,20H,3-13H2,1-2H3,(H,23,24)/t16-/m1/s1. The first-order chi connectivity index (χ1) is 12.0. The molecule has 1 aliphatic rings. The zero-order valence-corrected chi connectivity index (χ0v) is 15.7. The molecular weight excluding hydrogens is 318 g/mol. The van der Waals surface area contributed by atoms with Gasteiger partial charge in [0.1, 0.15) is 0 Å². The van der Waals surface area contributed by atoms with Gasteiger partial charge in [0, 0.05) is 5.92 Å². The van der Waals surface area contributed by atoms with Gasteiger partial charge in [0.25, 0.3) is 0 Å². The molecule has 0 unspecified atom stereocenters. The van der Waals surface area contributed by atoms with Crippen LogP contribution in [0.2, 0.25) is 0 Å².